The summed E-state index contributed by atoms with van der Waals surface area (Å²) < 4.78 is 0. The molecule has 4 heteroatoms. The fraction of sp³-hybridized carbons (Fsp3) is 0.111. The molecule has 3 rings (SSSR count). The van der Waals surface area contributed by atoms with Crippen LogP contribution in [0.15, 0.2) is 54.7 Å². The largest absolute Gasteiger partial charge is 0.357 e. The Balaban J connectivity index is 1.96. The molecule has 0 aliphatic heterocycles. The molecule has 2 aromatic carbocycles. The number of carbonyl (C=O) groups is 2. The molecule has 1 aromatic heterocycles. The fourth-order valence-electron chi connectivity index (χ4n) is 2.48. The number of amides is 1. The second-order valence-corrected chi connectivity index (χ2v) is 5.23. The van der Waals surface area contributed by atoms with Crippen LogP contribution < -0.4 is 5.32 Å². The molecular formula is C18H16N2O2. The number of aromatic nitrogens is 1. The van der Waals surface area contributed by atoms with Crippen LogP contribution in [0, 0.1) is 0 Å². The van der Waals surface area contributed by atoms with Crippen molar-refractivity contribution in [2.75, 3.05) is 0 Å². The Morgan fingerprint density at radius 1 is 1.18 bits per heavy atom. The van der Waals surface area contributed by atoms with Crippen LogP contribution in [0.3, 0.4) is 0 Å². The summed E-state index contributed by atoms with van der Waals surface area (Å²) in [6, 6.07) is 15.5. The SMILES string of the molecule is C[C@@H](C=O)NC(=O)c1cc(-c2cccc3ccccc23)c[nH]1. The third-order valence-corrected chi connectivity index (χ3v) is 3.59. The zero-order chi connectivity index (χ0) is 15.5. The smallest absolute Gasteiger partial charge is 0.268 e. The first-order valence-electron chi connectivity index (χ1n) is 7.12. The van der Waals surface area contributed by atoms with E-state index in [0.717, 1.165) is 21.9 Å². The average molecular weight is 292 g/mol. The summed E-state index contributed by atoms with van der Waals surface area (Å²) >= 11 is 0. The van der Waals surface area contributed by atoms with E-state index < -0.39 is 6.04 Å². The molecule has 3 aromatic rings. The molecule has 0 aliphatic rings. The Labute approximate surface area is 128 Å². The summed E-state index contributed by atoms with van der Waals surface area (Å²) in [5.74, 6) is -0.286. The first kappa shape index (κ1) is 14.1. The molecule has 0 spiro atoms. The van der Waals surface area contributed by atoms with Gasteiger partial charge in [-0.1, -0.05) is 42.5 Å². The number of hydrogen-bond donors (Lipinski definition) is 2. The lowest BCUT2D eigenvalue weighted by Gasteiger charge is -2.05. The number of aldehydes is 1. The van der Waals surface area contributed by atoms with E-state index in [0.29, 0.717) is 12.0 Å². The van der Waals surface area contributed by atoms with Crippen molar-refractivity contribution in [1.29, 1.82) is 0 Å². The zero-order valence-electron chi connectivity index (χ0n) is 12.2. The summed E-state index contributed by atoms with van der Waals surface area (Å²) in [6.07, 6.45) is 2.51. The van der Waals surface area contributed by atoms with Crippen LogP contribution >= 0.6 is 0 Å². The highest BCUT2D eigenvalue weighted by atomic mass is 16.2. The van der Waals surface area contributed by atoms with Gasteiger partial charge in [-0.05, 0) is 29.3 Å². The topological polar surface area (TPSA) is 62.0 Å². The molecule has 0 bridgehead atoms. The molecule has 0 fully saturated rings. The highest BCUT2D eigenvalue weighted by Gasteiger charge is 2.12. The molecule has 2 N–H and O–H groups in total. The minimum atomic E-state index is -0.503. The van der Waals surface area contributed by atoms with Crippen LogP contribution in [0.5, 0.6) is 0 Å². The van der Waals surface area contributed by atoms with Gasteiger partial charge in [0.05, 0.1) is 6.04 Å². The van der Waals surface area contributed by atoms with E-state index in [1.165, 1.54) is 0 Å². The number of rotatable bonds is 4. The lowest BCUT2D eigenvalue weighted by molar-refractivity contribution is -0.109. The maximum Gasteiger partial charge on any atom is 0.268 e. The molecule has 22 heavy (non-hydrogen) atoms. The quantitative estimate of drug-likeness (QED) is 0.726. The number of benzene rings is 2. The number of carbonyl (C=O) groups excluding carboxylic acids is 2. The molecule has 110 valence electrons. The average Bonchev–Trinajstić information content (AvgIpc) is 3.04. The van der Waals surface area contributed by atoms with Gasteiger partial charge in [-0.25, -0.2) is 0 Å². The van der Waals surface area contributed by atoms with Gasteiger partial charge >= 0.3 is 0 Å². The summed E-state index contributed by atoms with van der Waals surface area (Å²) in [6.45, 7) is 1.64. The van der Waals surface area contributed by atoms with E-state index >= 15 is 0 Å². The van der Waals surface area contributed by atoms with Gasteiger partial charge in [0.15, 0.2) is 0 Å². The Morgan fingerprint density at radius 2 is 1.95 bits per heavy atom. The maximum atomic E-state index is 12.0. The van der Waals surface area contributed by atoms with E-state index in [1.807, 2.05) is 30.5 Å². The predicted octanol–water partition coefficient (Wildman–Crippen LogP) is 3.15. The van der Waals surface area contributed by atoms with Crippen LogP contribution in [0.4, 0.5) is 0 Å². The van der Waals surface area contributed by atoms with E-state index in [4.69, 9.17) is 0 Å². The minimum Gasteiger partial charge on any atom is -0.357 e. The van der Waals surface area contributed by atoms with E-state index in [1.54, 1.807) is 13.0 Å². The summed E-state index contributed by atoms with van der Waals surface area (Å²) in [5.41, 5.74) is 2.45. The van der Waals surface area contributed by atoms with Gasteiger partial charge in [0.2, 0.25) is 0 Å². The normalized spacial score (nSPS) is 12.0. The Hall–Kier alpha value is -2.88. The second kappa shape index (κ2) is 5.85. The van der Waals surface area contributed by atoms with E-state index in [-0.39, 0.29) is 5.91 Å². The molecule has 0 saturated carbocycles. The third-order valence-electron chi connectivity index (χ3n) is 3.59. The fourth-order valence-corrected chi connectivity index (χ4v) is 2.48. The molecule has 0 aliphatic carbocycles. The molecule has 1 amide bonds. The van der Waals surface area contributed by atoms with Gasteiger partial charge in [0, 0.05) is 11.8 Å². The van der Waals surface area contributed by atoms with Crippen LogP contribution in [0.1, 0.15) is 17.4 Å². The van der Waals surface area contributed by atoms with Crippen molar-refractivity contribution in [3.63, 3.8) is 0 Å². The Morgan fingerprint density at radius 3 is 2.77 bits per heavy atom. The van der Waals surface area contributed by atoms with Crippen molar-refractivity contribution in [3.8, 4) is 11.1 Å². The number of aromatic amines is 1. The lowest BCUT2D eigenvalue weighted by Crippen LogP contribution is -2.33. The van der Waals surface area contributed by atoms with Crippen LogP contribution in [0.2, 0.25) is 0 Å². The highest BCUT2D eigenvalue weighted by molar-refractivity contribution is 5.99. The van der Waals surface area contributed by atoms with E-state index in [9.17, 15) is 9.59 Å². The molecular weight excluding hydrogens is 276 g/mol. The number of fused-ring (bicyclic) bond motifs is 1. The monoisotopic (exact) mass is 292 g/mol. The second-order valence-electron chi connectivity index (χ2n) is 5.23. The number of H-pyrrole nitrogens is 1. The molecule has 1 heterocycles. The lowest BCUT2D eigenvalue weighted by atomic mass is 10.0. The minimum absolute atomic E-state index is 0.286. The molecule has 0 unspecified atom stereocenters. The van der Waals surface area contributed by atoms with Gasteiger partial charge in [-0.15, -0.1) is 0 Å². The number of hydrogen-bond acceptors (Lipinski definition) is 2. The first-order chi connectivity index (χ1) is 10.7. The molecule has 1 atom stereocenters. The molecule has 0 radical (unpaired) electrons. The van der Waals surface area contributed by atoms with Crippen molar-refractivity contribution < 1.29 is 9.59 Å². The highest BCUT2D eigenvalue weighted by Crippen LogP contribution is 2.28. The molecule has 4 nitrogen and oxygen atoms in total. The van der Waals surface area contributed by atoms with Gasteiger partial charge in [-0.2, -0.15) is 0 Å². The Bertz CT molecular complexity index is 830. The van der Waals surface area contributed by atoms with Gasteiger partial charge in [-0.3, -0.25) is 4.79 Å². The number of nitrogens with one attached hydrogen (secondary N) is 2. The third kappa shape index (κ3) is 2.63. The van der Waals surface area contributed by atoms with E-state index in [2.05, 4.69) is 28.5 Å². The van der Waals surface area contributed by atoms with Crippen LogP contribution in [-0.2, 0) is 4.79 Å². The standard InChI is InChI=1S/C18H16N2O2/c1-12(11-21)20-18(22)17-9-14(10-19-17)16-8-4-6-13-5-2-3-7-15(13)16/h2-12,19H,1H3,(H,20,22)/t12-/m0/s1. The van der Waals surface area contributed by atoms with Crippen molar-refractivity contribution in [2.24, 2.45) is 0 Å². The Kier molecular flexibility index (Phi) is 3.74. The van der Waals surface area contributed by atoms with Crippen molar-refractivity contribution in [3.05, 3.63) is 60.4 Å². The predicted molar refractivity (Wildman–Crippen MR) is 86.7 cm³/mol. The zero-order valence-corrected chi connectivity index (χ0v) is 12.2. The van der Waals surface area contributed by atoms with Crippen LogP contribution in [0.25, 0.3) is 21.9 Å². The van der Waals surface area contributed by atoms with Gasteiger partial charge < -0.3 is 15.1 Å². The maximum absolute atomic E-state index is 12.0. The summed E-state index contributed by atoms with van der Waals surface area (Å²) in [5, 5.41) is 4.90. The summed E-state index contributed by atoms with van der Waals surface area (Å²) in [4.78, 5) is 25.6. The molecule has 0 saturated heterocycles. The first-order valence-corrected chi connectivity index (χ1v) is 7.12. The van der Waals surface area contributed by atoms with Crippen molar-refractivity contribution >= 4 is 23.0 Å². The van der Waals surface area contributed by atoms with Gasteiger partial charge in [0.1, 0.15) is 12.0 Å². The van der Waals surface area contributed by atoms with Gasteiger partial charge in [0.25, 0.3) is 5.91 Å². The van der Waals surface area contributed by atoms with Crippen molar-refractivity contribution in [1.82, 2.24) is 10.3 Å². The van der Waals surface area contributed by atoms with Crippen LogP contribution in [-0.4, -0.2) is 23.2 Å². The summed E-state index contributed by atoms with van der Waals surface area (Å²) in [7, 11) is 0. The van der Waals surface area contributed by atoms with Crippen molar-refractivity contribution in [2.45, 2.75) is 13.0 Å².